The molecule has 0 N–H and O–H groups in total. The lowest BCUT2D eigenvalue weighted by molar-refractivity contribution is 0.337. The van der Waals surface area contributed by atoms with Crippen LogP contribution in [0.15, 0.2) is 36.4 Å². The molecule has 0 unspecified atom stereocenters. The molecule has 0 saturated carbocycles. The van der Waals surface area contributed by atoms with E-state index in [0.29, 0.717) is 6.61 Å². The van der Waals surface area contributed by atoms with Crippen molar-refractivity contribution in [3.05, 3.63) is 75.3 Å². The number of ether oxygens (including phenoxy) is 1. The van der Waals surface area contributed by atoms with Crippen LogP contribution in [-0.4, -0.2) is 6.61 Å². The second-order valence-electron chi connectivity index (χ2n) is 8.08. The molecule has 0 bridgehead atoms. The maximum absolute atomic E-state index is 5.78. The van der Waals surface area contributed by atoms with Gasteiger partial charge in [0.05, 0.1) is 6.61 Å². The molecule has 35 heavy (non-hydrogen) atoms. The summed E-state index contributed by atoms with van der Waals surface area (Å²) < 4.78 is 5.78. The minimum atomic E-state index is 0. The van der Waals surface area contributed by atoms with E-state index in [1.165, 1.54) is 61.2 Å². The van der Waals surface area contributed by atoms with Crippen LogP contribution in [0.1, 0.15) is 97.4 Å². The van der Waals surface area contributed by atoms with Crippen molar-refractivity contribution in [2.45, 2.75) is 106 Å². The molecular weight excluding hydrogens is 424 g/mol. The molecule has 1 heteroatoms. The van der Waals surface area contributed by atoms with E-state index < -0.39 is 0 Å². The van der Waals surface area contributed by atoms with Gasteiger partial charge in [0.25, 0.3) is 0 Å². The predicted octanol–water partition coefficient (Wildman–Crippen LogP) is 11.6. The first kappa shape index (κ1) is 39.7. The summed E-state index contributed by atoms with van der Waals surface area (Å²) >= 11 is 0. The van der Waals surface area contributed by atoms with E-state index in [1.807, 2.05) is 6.92 Å². The van der Waals surface area contributed by atoms with E-state index in [4.69, 9.17) is 4.74 Å². The standard InChI is InChI=1S/C28H34O.6CH4/c1-9-23-11-12-24(18(4)17(23)3)25-13-14-26(20(6)19(25)5)27-15-16-28(29-10-2)22(8)21(27)7;;;;;;/h11-16H,9-10H2,1-8H3;6*1H4. The lowest BCUT2D eigenvalue weighted by Gasteiger charge is -2.20. The van der Waals surface area contributed by atoms with Gasteiger partial charge in [0.15, 0.2) is 0 Å². The van der Waals surface area contributed by atoms with Gasteiger partial charge in [-0.05, 0) is 122 Å². The Balaban J connectivity index is -0.000000801. The quantitative estimate of drug-likeness (QED) is 0.351. The molecule has 0 heterocycles. The average molecular weight is 483 g/mol. The Morgan fingerprint density at radius 1 is 0.457 bits per heavy atom. The molecule has 0 radical (unpaired) electrons. The Kier molecular flexibility index (Phi) is 18.3. The fourth-order valence-corrected chi connectivity index (χ4v) is 4.36. The Morgan fingerprint density at radius 2 is 0.800 bits per heavy atom. The van der Waals surface area contributed by atoms with Gasteiger partial charge in [-0.25, -0.2) is 0 Å². The summed E-state index contributed by atoms with van der Waals surface area (Å²) in [7, 11) is 0. The Labute approximate surface area is 221 Å². The highest BCUT2D eigenvalue weighted by atomic mass is 16.5. The van der Waals surface area contributed by atoms with Crippen molar-refractivity contribution < 1.29 is 4.74 Å². The van der Waals surface area contributed by atoms with E-state index in [1.54, 1.807) is 0 Å². The molecular formula is C34H58O. The SMILES string of the molecule is C.C.C.C.C.C.CCOc1ccc(-c2ccc(-c3ccc(CC)c(C)c3C)c(C)c2C)c(C)c1C. The highest BCUT2D eigenvalue weighted by Gasteiger charge is 2.16. The molecule has 0 spiro atoms. The van der Waals surface area contributed by atoms with Gasteiger partial charge in [0.2, 0.25) is 0 Å². The minimum absolute atomic E-state index is 0. The first-order valence-corrected chi connectivity index (χ1v) is 10.7. The van der Waals surface area contributed by atoms with Crippen LogP contribution >= 0.6 is 0 Å². The van der Waals surface area contributed by atoms with Gasteiger partial charge >= 0.3 is 0 Å². The van der Waals surface area contributed by atoms with Crippen LogP contribution < -0.4 is 4.74 Å². The molecule has 1 nitrogen and oxygen atoms in total. The molecule has 3 aromatic carbocycles. The van der Waals surface area contributed by atoms with Gasteiger partial charge in [0, 0.05) is 0 Å². The van der Waals surface area contributed by atoms with Gasteiger partial charge in [-0.1, -0.05) is 81.8 Å². The van der Waals surface area contributed by atoms with Crippen LogP contribution in [-0.2, 0) is 6.42 Å². The smallest absolute Gasteiger partial charge is 0.122 e. The monoisotopic (exact) mass is 482 g/mol. The van der Waals surface area contributed by atoms with Crippen LogP contribution in [0.4, 0.5) is 0 Å². The molecule has 200 valence electrons. The largest absolute Gasteiger partial charge is 0.494 e. The summed E-state index contributed by atoms with van der Waals surface area (Å²) in [5, 5.41) is 0. The fraction of sp³-hybridized carbons (Fsp3) is 0.471. The van der Waals surface area contributed by atoms with Crippen molar-refractivity contribution in [1.29, 1.82) is 0 Å². The normalized spacial score (nSPS) is 9.14. The second-order valence-corrected chi connectivity index (χ2v) is 8.08. The van der Waals surface area contributed by atoms with Crippen LogP contribution in [0, 0.1) is 41.5 Å². The van der Waals surface area contributed by atoms with Crippen molar-refractivity contribution in [1.82, 2.24) is 0 Å². The Bertz CT molecular complexity index is 1060. The van der Waals surface area contributed by atoms with Gasteiger partial charge in [-0.2, -0.15) is 0 Å². The second kappa shape index (κ2) is 16.2. The number of benzene rings is 3. The Morgan fingerprint density at radius 3 is 1.20 bits per heavy atom. The predicted molar refractivity (Wildman–Crippen MR) is 167 cm³/mol. The highest BCUT2D eigenvalue weighted by molar-refractivity contribution is 5.80. The zero-order chi connectivity index (χ0) is 21.3. The molecule has 3 aromatic rings. The van der Waals surface area contributed by atoms with E-state index in [9.17, 15) is 0 Å². The van der Waals surface area contributed by atoms with Crippen LogP contribution in [0.5, 0.6) is 5.75 Å². The average Bonchev–Trinajstić information content (AvgIpc) is 2.71. The lowest BCUT2D eigenvalue weighted by atomic mass is 9.85. The first-order chi connectivity index (χ1) is 13.8. The first-order valence-electron chi connectivity index (χ1n) is 10.7. The summed E-state index contributed by atoms with van der Waals surface area (Å²) in [6.07, 6.45) is 1.08. The molecule has 0 atom stereocenters. The summed E-state index contributed by atoms with van der Waals surface area (Å²) in [5.74, 6) is 0.988. The third kappa shape index (κ3) is 7.23. The topological polar surface area (TPSA) is 9.23 Å². The van der Waals surface area contributed by atoms with Crippen molar-refractivity contribution in [3.63, 3.8) is 0 Å². The minimum Gasteiger partial charge on any atom is -0.494 e. The molecule has 0 amide bonds. The lowest BCUT2D eigenvalue weighted by Crippen LogP contribution is -1.99. The zero-order valence-electron chi connectivity index (χ0n) is 19.3. The number of rotatable bonds is 5. The Hall–Kier alpha value is -2.54. The molecule has 3 rings (SSSR count). The molecule has 0 aliphatic heterocycles. The summed E-state index contributed by atoms with van der Waals surface area (Å²) in [6.45, 7) is 18.3. The number of hydrogen-bond donors (Lipinski definition) is 0. The van der Waals surface area contributed by atoms with Gasteiger partial charge < -0.3 is 4.74 Å². The third-order valence-electron chi connectivity index (χ3n) is 6.69. The van der Waals surface area contributed by atoms with E-state index in [2.05, 4.69) is 84.9 Å². The summed E-state index contributed by atoms with van der Waals surface area (Å²) in [5.41, 5.74) is 14.8. The molecule has 0 aliphatic carbocycles. The molecule has 0 aliphatic rings. The maximum atomic E-state index is 5.78. The van der Waals surface area contributed by atoms with E-state index in [0.717, 1.165) is 12.2 Å². The van der Waals surface area contributed by atoms with Gasteiger partial charge in [-0.15, -0.1) is 0 Å². The molecule has 0 aromatic heterocycles. The van der Waals surface area contributed by atoms with Gasteiger partial charge in [-0.3, -0.25) is 0 Å². The van der Waals surface area contributed by atoms with Crippen molar-refractivity contribution in [3.8, 4) is 28.0 Å². The number of aryl methyl sites for hydroxylation is 1. The van der Waals surface area contributed by atoms with Crippen LogP contribution in [0.2, 0.25) is 0 Å². The van der Waals surface area contributed by atoms with Crippen LogP contribution in [0.3, 0.4) is 0 Å². The number of hydrogen-bond acceptors (Lipinski definition) is 1. The zero-order valence-corrected chi connectivity index (χ0v) is 19.3. The summed E-state index contributed by atoms with van der Waals surface area (Å²) in [4.78, 5) is 0. The highest BCUT2D eigenvalue weighted by Crippen LogP contribution is 2.38. The maximum Gasteiger partial charge on any atom is 0.122 e. The third-order valence-corrected chi connectivity index (χ3v) is 6.69. The van der Waals surface area contributed by atoms with Crippen molar-refractivity contribution in [2.24, 2.45) is 0 Å². The molecule has 0 saturated heterocycles. The van der Waals surface area contributed by atoms with E-state index >= 15 is 0 Å². The fourth-order valence-electron chi connectivity index (χ4n) is 4.36. The van der Waals surface area contributed by atoms with Crippen molar-refractivity contribution >= 4 is 0 Å². The van der Waals surface area contributed by atoms with Gasteiger partial charge in [0.1, 0.15) is 5.75 Å². The molecule has 0 fully saturated rings. The van der Waals surface area contributed by atoms with Crippen molar-refractivity contribution in [2.75, 3.05) is 6.61 Å². The van der Waals surface area contributed by atoms with E-state index in [-0.39, 0.29) is 44.6 Å². The van der Waals surface area contributed by atoms with Crippen LogP contribution in [0.25, 0.3) is 22.3 Å². The summed E-state index contributed by atoms with van der Waals surface area (Å²) in [6, 6.07) is 13.5.